The minimum absolute atomic E-state index is 0.0465. The van der Waals surface area contributed by atoms with E-state index < -0.39 is 9.84 Å². The van der Waals surface area contributed by atoms with Crippen molar-refractivity contribution in [3.05, 3.63) is 23.8 Å². The molecule has 0 aliphatic rings. The third-order valence-corrected chi connectivity index (χ3v) is 3.56. The third-order valence-electron chi connectivity index (χ3n) is 2.46. The van der Waals surface area contributed by atoms with Gasteiger partial charge in [-0.1, -0.05) is 0 Å². The van der Waals surface area contributed by atoms with E-state index in [1.165, 1.54) is 18.2 Å². The molecular weight excluding hydrogens is 266 g/mol. The van der Waals surface area contributed by atoms with E-state index in [1.54, 1.807) is 0 Å². The number of carbonyl (C=O) groups is 1. The zero-order valence-corrected chi connectivity index (χ0v) is 12.1. The van der Waals surface area contributed by atoms with Gasteiger partial charge in [0.05, 0.1) is 4.90 Å². The van der Waals surface area contributed by atoms with Crippen LogP contribution in [-0.4, -0.2) is 52.7 Å². The van der Waals surface area contributed by atoms with Crippen molar-refractivity contribution in [3.8, 4) is 0 Å². The molecule has 106 valence electrons. The molecule has 6 nitrogen and oxygen atoms in total. The fourth-order valence-corrected chi connectivity index (χ4v) is 2.15. The Morgan fingerprint density at radius 1 is 1.32 bits per heavy atom. The van der Waals surface area contributed by atoms with Crippen LogP contribution in [-0.2, 0) is 9.84 Å². The number of hydrogen-bond acceptors (Lipinski definition) is 5. The SMILES string of the molecule is CN(C)CCNC(=O)c1cc(N)cc(S(C)(=O)=O)c1. The molecule has 19 heavy (non-hydrogen) atoms. The van der Waals surface area contributed by atoms with Crippen LogP contribution in [0.25, 0.3) is 0 Å². The van der Waals surface area contributed by atoms with E-state index in [0.29, 0.717) is 13.1 Å². The van der Waals surface area contributed by atoms with Gasteiger partial charge in [0.2, 0.25) is 0 Å². The molecule has 1 rings (SSSR count). The Morgan fingerprint density at radius 3 is 2.47 bits per heavy atom. The third kappa shape index (κ3) is 4.88. The second-order valence-electron chi connectivity index (χ2n) is 4.62. The summed E-state index contributed by atoms with van der Waals surface area (Å²) < 4.78 is 22.9. The molecule has 1 aromatic carbocycles. The maximum atomic E-state index is 11.9. The summed E-state index contributed by atoms with van der Waals surface area (Å²) in [6.45, 7) is 1.18. The largest absolute Gasteiger partial charge is 0.399 e. The van der Waals surface area contributed by atoms with Gasteiger partial charge in [0.25, 0.3) is 5.91 Å². The highest BCUT2D eigenvalue weighted by molar-refractivity contribution is 7.90. The van der Waals surface area contributed by atoms with Crippen LogP contribution >= 0.6 is 0 Å². The van der Waals surface area contributed by atoms with Gasteiger partial charge in [-0.05, 0) is 32.3 Å². The van der Waals surface area contributed by atoms with Crippen molar-refractivity contribution < 1.29 is 13.2 Å². The van der Waals surface area contributed by atoms with Crippen molar-refractivity contribution >= 4 is 21.4 Å². The maximum absolute atomic E-state index is 11.9. The van der Waals surface area contributed by atoms with E-state index >= 15 is 0 Å². The molecule has 0 aliphatic heterocycles. The molecule has 0 heterocycles. The Morgan fingerprint density at radius 2 is 1.95 bits per heavy atom. The molecular formula is C12H19N3O3S. The predicted octanol–water partition coefficient (Wildman–Crippen LogP) is -0.0363. The maximum Gasteiger partial charge on any atom is 0.251 e. The number of rotatable bonds is 5. The molecule has 0 aliphatic carbocycles. The number of likely N-dealkylation sites (N-methyl/N-ethyl adjacent to an activating group) is 1. The van der Waals surface area contributed by atoms with Crippen molar-refractivity contribution in [3.63, 3.8) is 0 Å². The summed E-state index contributed by atoms with van der Waals surface area (Å²) in [5, 5.41) is 2.71. The van der Waals surface area contributed by atoms with Gasteiger partial charge in [-0.2, -0.15) is 0 Å². The molecule has 0 unspecified atom stereocenters. The Balaban J connectivity index is 2.89. The molecule has 0 radical (unpaired) electrons. The number of carbonyl (C=O) groups excluding carboxylic acids is 1. The first-order valence-electron chi connectivity index (χ1n) is 5.73. The highest BCUT2D eigenvalue weighted by Gasteiger charge is 2.13. The van der Waals surface area contributed by atoms with Gasteiger partial charge in [-0.15, -0.1) is 0 Å². The van der Waals surface area contributed by atoms with Gasteiger partial charge in [-0.25, -0.2) is 8.42 Å². The summed E-state index contributed by atoms with van der Waals surface area (Å²) in [5.41, 5.74) is 6.12. The van der Waals surface area contributed by atoms with Gasteiger partial charge in [-0.3, -0.25) is 4.79 Å². The van der Waals surface area contributed by atoms with E-state index in [0.717, 1.165) is 6.26 Å². The Kier molecular flexibility index (Phi) is 4.90. The zero-order valence-electron chi connectivity index (χ0n) is 11.3. The van der Waals surface area contributed by atoms with Crippen LogP contribution in [0.15, 0.2) is 23.1 Å². The lowest BCUT2D eigenvalue weighted by Crippen LogP contribution is -2.31. The van der Waals surface area contributed by atoms with Crippen molar-refractivity contribution in [1.29, 1.82) is 0 Å². The molecule has 0 saturated heterocycles. The predicted molar refractivity (Wildman–Crippen MR) is 74.9 cm³/mol. The number of anilines is 1. The van der Waals surface area contributed by atoms with Gasteiger partial charge in [0, 0.05) is 30.6 Å². The van der Waals surface area contributed by atoms with Crippen molar-refractivity contribution in [2.45, 2.75) is 4.90 Å². The lowest BCUT2D eigenvalue weighted by atomic mass is 10.2. The van der Waals surface area contributed by atoms with Crippen LogP contribution in [0.3, 0.4) is 0 Å². The number of benzene rings is 1. The quantitative estimate of drug-likeness (QED) is 0.741. The second-order valence-corrected chi connectivity index (χ2v) is 6.64. The molecule has 0 atom stereocenters. The van der Waals surface area contributed by atoms with Crippen LogP contribution in [0.1, 0.15) is 10.4 Å². The van der Waals surface area contributed by atoms with Gasteiger partial charge < -0.3 is 16.0 Å². The fourth-order valence-electron chi connectivity index (χ4n) is 1.46. The minimum Gasteiger partial charge on any atom is -0.399 e. The molecule has 0 spiro atoms. The molecule has 1 aromatic rings. The van der Waals surface area contributed by atoms with E-state index in [9.17, 15) is 13.2 Å². The normalized spacial score (nSPS) is 11.6. The molecule has 0 saturated carbocycles. The monoisotopic (exact) mass is 285 g/mol. The summed E-state index contributed by atoms with van der Waals surface area (Å²) in [7, 11) is 0.411. The molecule has 0 fully saturated rings. The smallest absolute Gasteiger partial charge is 0.251 e. The summed E-state index contributed by atoms with van der Waals surface area (Å²) in [6.07, 6.45) is 1.08. The number of nitrogens with two attached hydrogens (primary N) is 1. The molecule has 7 heteroatoms. The summed E-state index contributed by atoms with van der Waals surface area (Å²) >= 11 is 0. The Labute approximate surface area is 113 Å². The van der Waals surface area contributed by atoms with E-state index in [2.05, 4.69) is 5.32 Å². The van der Waals surface area contributed by atoms with Crippen LogP contribution in [0.2, 0.25) is 0 Å². The molecule has 1 amide bonds. The summed E-state index contributed by atoms with van der Waals surface area (Å²) in [6, 6.07) is 4.13. The Bertz CT molecular complexity index is 568. The van der Waals surface area contributed by atoms with Crippen molar-refractivity contribution in [2.24, 2.45) is 0 Å². The number of nitrogens with one attached hydrogen (secondary N) is 1. The molecule has 0 bridgehead atoms. The molecule has 0 aromatic heterocycles. The Hall–Kier alpha value is -1.60. The molecule has 3 N–H and O–H groups in total. The van der Waals surface area contributed by atoms with Gasteiger partial charge in [0.1, 0.15) is 0 Å². The van der Waals surface area contributed by atoms with Gasteiger partial charge in [0.15, 0.2) is 9.84 Å². The lowest BCUT2D eigenvalue weighted by molar-refractivity contribution is 0.0951. The number of sulfone groups is 1. The summed E-state index contributed by atoms with van der Waals surface area (Å²) in [5.74, 6) is -0.334. The first-order valence-corrected chi connectivity index (χ1v) is 7.63. The van der Waals surface area contributed by atoms with Crippen LogP contribution < -0.4 is 11.1 Å². The number of nitrogen functional groups attached to an aromatic ring is 1. The van der Waals surface area contributed by atoms with E-state index in [4.69, 9.17) is 5.73 Å². The average molecular weight is 285 g/mol. The van der Waals surface area contributed by atoms with Crippen LogP contribution in [0.5, 0.6) is 0 Å². The van der Waals surface area contributed by atoms with Gasteiger partial charge >= 0.3 is 0 Å². The summed E-state index contributed by atoms with van der Waals surface area (Å²) in [4.78, 5) is 13.9. The number of amides is 1. The number of hydrogen-bond donors (Lipinski definition) is 2. The van der Waals surface area contributed by atoms with Crippen molar-refractivity contribution in [2.75, 3.05) is 39.2 Å². The second kappa shape index (κ2) is 6.03. The highest BCUT2D eigenvalue weighted by Crippen LogP contribution is 2.16. The average Bonchev–Trinajstić information content (AvgIpc) is 2.26. The zero-order chi connectivity index (χ0) is 14.6. The standard InChI is InChI=1S/C12H19N3O3S/c1-15(2)5-4-14-12(16)9-6-10(13)8-11(7-9)19(3,17)18/h6-8H,4-5,13H2,1-3H3,(H,14,16). The lowest BCUT2D eigenvalue weighted by Gasteiger charge is -2.11. The number of nitrogens with zero attached hydrogens (tertiary/aromatic N) is 1. The first kappa shape index (κ1) is 15.5. The fraction of sp³-hybridized carbons (Fsp3) is 0.417. The minimum atomic E-state index is -3.38. The van der Waals surface area contributed by atoms with Crippen LogP contribution in [0, 0.1) is 0 Å². The van der Waals surface area contributed by atoms with E-state index in [-0.39, 0.29) is 22.1 Å². The first-order chi connectivity index (χ1) is 8.70. The van der Waals surface area contributed by atoms with Crippen molar-refractivity contribution in [1.82, 2.24) is 10.2 Å². The van der Waals surface area contributed by atoms with E-state index in [1.807, 2.05) is 19.0 Å². The van der Waals surface area contributed by atoms with Crippen LogP contribution in [0.4, 0.5) is 5.69 Å². The highest BCUT2D eigenvalue weighted by atomic mass is 32.2. The topological polar surface area (TPSA) is 92.5 Å².